The molecule has 76 valence electrons. The van der Waals surface area contributed by atoms with E-state index in [-0.39, 0.29) is 6.04 Å². The van der Waals surface area contributed by atoms with E-state index in [9.17, 15) is 4.39 Å². The summed E-state index contributed by atoms with van der Waals surface area (Å²) in [5.74, 6) is 0.752. The molecule has 0 bridgehead atoms. The Bertz CT molecular complexity index is 291. The van der Waals surface area contributed by atoms with Crippen LogP contribution in [0.5, 0.6) is 0 Å². The zero-order chi connectivity index (χ0) is 9.97. The molecule has 2 atom stereocenters. The van der Waals surface area contributed by atoms with Crippen molar-refractivity contribution < 1.29 is 4.39 Å². The van der Waals surface area contributed by atoms with Crippen molar-refractivity contribution in [2.45, 2.75) is 31.5 Å². The Morgan fingerprint density at radius 2 is 2.29 bits per heavy atom. The van der Waals surface area contributed by atoms with Crippen LogP contribution in [0.15, 0.2) is 18.6 Å². The van der Waals surface area contributed by atoms with Gasteiger partial charge in [-0.15, -0.1) is 0 Å². The molecule has 2 unspecified atom stereocenters. The van der Waals surface area contributed by atoms with E-state index in [1.807, 2.05) is 11.9 Å². The molecule has 0 radical (unpaired) electrons. The van der Waals surface area contributed by atoms with E-state index in [1.165, 1.54) is 0 Å². The average molecular weight is 195 g/mol. The Hall–Kier alpha value is -1.19. The van der Waals surface area contributed by atoms with Gasteiger partial charge >= 0.3 is 0 Å². The summed E-state index contributed by atoms with van der Waals surface area (Å²) in [6.45, 7) is 0. The van der Waals surface area contributed by atoms with Crippen molar-refractivity contribution in [3.8, 4) is 0 Å². The summed E-state index contributed by atoms with van der Waals surface area (Å²) in [5, 5.41) is 0. The zero-order valence-corrected chi connectivity index (χ0v) is 8.23. The van der Waals surface area contributed by atoms with Crippen LogP contribution in [0.25, 0.3) is 0 Å². The minimum atomic E-state index is -0.720. The van der Waals surface area contributed by atoms with Gasteiger partial charge in [0.2, 0.25) is 0 Å². The van der Waals surface area contributed by atoms with Crippen LogP contribution in [0.2, 0.25) is 0 Å². The third kappa shape index (κ3) is 1.69. The summed E-state index contributed by atoms with van der Waals surface area (Å²) in [7, 11) is 1.88. The Kier molecular flexibility index (Phi) is 2.61. The zero-order valence-electron chi connectivity index (χ0n) is 8.23. The Labute approximate surface area is 83.0 Å². The maximum Gasteiger partial charge on any atom is 0.147 e. The van der Waals surface area contributed by atoms with Crippen molar-refractivity contribution in [3.63, 3.8) is 0 Å². The second-order valence-corrected chi connectivity index (χ2v) is 3.69. The van der Waals surface area contributed by atoms with Gasteiger partial charge in [-0.1, -0.05) is 0 Å². The highest BCUT2D eigenvalue weighted by atomic mass is 19.1. The van der Waals surface area contributed by atoms with E-state index >= 15 is 0 Å². The van der Waals surface area contributed by atoms with Crippen molar-refractivity contribution >= 4 is 5.82 Å². The topological polar surface area (TPSA) is 29.0 Å². The summed E-state index contributed by atoms with van der Waals surface area (Å²) in [4.78, 5) is 10.0. The lowest BCUT2D eigenvalue weighted by atomic mass is 10.2. The number of nitrogens with zero attached hydrogens (tertiary/aromatic N) is 3. The molecule has 1 saturated carbocycles. The van der Waals surface area contributed by atoms with Gasteiger partial charge in [0.05, 0.1) is 12.2 Å². The van der Waals surface area contributed by atoms with Gasteiger partial charge in [-0.3, -0.25) is 4.98 Å². The van der Waals surface area contributed by atoms with Crippen molar-refractivity contribution in [2.24, 2.45) is 0 Å². The summed E-state index contributed by atoms with van der Waals surface area (Å²) in [6.07, 6.45) is 6.76. The molecule has 1 heterocycles. The van der Waals surface area contributed by atoms with E-state index in [1.54, 1.807) is 18.6 Å². The van der Waals surface area contributed by atoms with E-state index in [4.69, 9.17) is 0 Å². The standard InChI is InChI=1S/C10H14FN3/c1-14(9-4-2-3-8(9)11)10-7-12-5-6-13-10/h5-9H,2-4H2,1H3. The Balaban J connectivity index is 2.12. The van der Waals surface area contributed by atoms with Crippen molar-refractivity contribution in [1.82, 2.24) is 9.97 Å². The fourth-order valence-electron chi connectivity index (χ4n) is 1.97. The maximum absolute atomic E-state index is 13.4. The van der Waals surface area contributed by atoms with Gasteiger partial charge < -0.3 is 4.90 Å². The lowest BCUT2D eigenvalue weighted by molar-refractivity contribution is 0.306. The maximum atomic E-state index is 13.4. The SMILES string of the molecule is CN(c1cnccn1)C1CCCC1F. The van der Waals surface area contributed by atoms with Crippen LogP contribution in [0.3, 0.4) is 0 Å². The van der Waals surface area contributed by atoms with Gasteiger partial charge in [0.25, 0.3) is 0 Å². The number of rotatable bonds is 2. The van der Waals surface area contributed by atoms with Gasteiger partial charge in [0.1, 0.15) is 12.0 Å². The molecule has 0 aliphatic heterocycles. The number of hydrogen-bond donors (Lipinski definition) is 0. The molecule has 1 aliphatic rings. The monoisotopic (exact) mass is 195 g/mol. The second kappa shape index (κ2) is 3.90. The quantitative estimate of drug-likeness (QED) is 0.720. The van der Waals surface area contributed by atoms with Crippen LogP contribution < -0.4 is 4.90 Å². The van der Waals surface area contributed by atoms with Gasteiger partial charge in [-0.2, -0.15) is 0 Å². The molecule has 0 spiro atoms. The molecule has 4 heteroatoms. The lowest BCUT2D eigenvalue weighted by Crippen LogP contribution is -2.36. The Morgan fingerprint density at radius 1 is 1.43 bits per heavy atom. The highest BCUT2D eigenvalue weighted by Gasteiger charge is 2.30. The summed E-state index contributed by atoms with van der Waals surface area (Å²) in [5.41, 5.74) is 0. The lowest BCUT2D eigenvalue weighted by Gasteiger charge is -2.26. The fourth-order valence-corrected chi connectivity index (χ4v) is 1.97. The molecule has 14 heavy (non-hydrogen) atoms. The highest BCUT2D eigenvalue weighted by Crippen LogP contribution is 2.27. The number of alkyl halides is 1. The van der Waals surface area contributed by atoms with Gasteiger partial charge in [0.15, 0.2) is 0 Å². The van der Waals surface area contributed by atoms with Crippen LogP contribution in [0.4, 0.5) is 10.2 Å². The molecule has 1 aromatic heterocycles. The summed E-state index contributed by atoms with van der Waals surface area (Å²) in [6, 6.07) is -0.0216. The van der Waals surface area contributed by atoms with E-state index in [0.29, 0.717) is 6.42 Å². The van der Waals surface area contributed by atoms with Crippen LogP contribution in [-0.4, -0.2) is 29.2 Å². The summed E-state index contributed by atoms with van der Waals surface area (Å²) >= 11 is 0. The normalized spacial score (nSPS) is 26.4. The Morgan fingerprint density at radius 3 is 2.86 bits per heavy atom. The molecular formula is C10H14FN3. The second-order valence-electron chi connectivity index (χ2n) is 3.69. The first-order chi connectivity index (χ1) is 6.79. The molecule has 1 aliphatic carbocycles. The molecule has 3 nitrogen and oxygen atoms in total. The number of hydrogen-bond acceptors (Lipinski definition) is 3. The van der Waals surface area contributed by atoms with Gasteiger partial charge in [-0.05, 0) is 19.3 Å². The van der Waals surface area contributed by atoms with Crippen molar-refractivity contribution in [2.75, 3.05) is 11.9 Å². The average Bonchev–Trinajstić information content (AvgIpc) is 2.65. The number of halogens is 1. The molecule has 2 rings (SSSR count). The molecule has 0 amide bonds. The first-order valence-corrected chi connectivity index (χ1v) is 4.92. The molecule has 0 aromatic carbocycles. The van der Waals surface area contributed by atoms with Crippen LogP contribution in [-0.2, 0) is 0 Å². The summed E-state index contributed by atoms with van der Waals surface area (Å²) < 4.78 is 13.4. The van der Waals surface area contributed by atoms with Crippen molar-refractivity contribution in [1.29, 1.82) is 0 Å². The first-order valence-electron chi connectivity index (χ1n) is 4.92. The predicted octanol–water partition coefficient (Wildman–Crippen LogP) is 1.80. The van der Waals surface area contributed by atoms with E-state index < -0.39 is 6.17 Å². The molecular weight excluding hydrogens is 181 g/mol. The molecule has 1 fully saturated rings. The third-order valence-corrected chi connectivity index (χ3v) is 2.81. The minimum Gasteiger partial charge on any atom is -0.352 e. The fraction of sp³-hybridized carbons (Fsp3) is 0.600. The van der Waals surface area contributed by atoms with E-state index in [0.717, 1.165) is 18.7 Å². The number of anilines is 1. The van der Waals surface area contributed by atoms with Crippen molar-refractivity contribution in [3.05, 3.63) is 18.6 Å². The first kappa shape index (κ1) is 9.37. The van der Waals surface area contributed by atoms with Crippen LogP contribution >= 0.6 is 0 Å². The number of aromatic nitrogens is 2. The minimum absolute atomic E-state index is 0.0216. The predicted molar refractivity (Wildman–Crippen MR) is 53.0 cm³/mol. The molecule has 0 N–H and O–H groups in total. The smallest absolute Gasteiger partial charge is 0.147 e. The van der Waals surface area contributed by atoms with E-state index in [2.05, 4.69) is 9.97 Å². The molecule has 1 aromatic rings. The largest absolute Gasteiger partial charge is 0.352 e. The van der Waals surface area contributed by atoms with Gasteiger partial charge in [0, 0.05) is 19.4 Å². The highest BCUT2D eigenvalue weighted by molar-refractivity contribution is 5.36. The third-order valence-electron chi connectivity index (χ3n) is 2.81. The van der Waals surface area contributed by atoms with Gasteiger partial charge in [-0.25, -0.2) is 9.37 Å². The van der Waals surface area contributed by atoms with Crippen LogP contribution in [0, 0.1) is 0 Å². The molecule has 0 saturated heterocycles. The van der Waals surface area contributed by atoms with Crippen LogP contribution in [0.1, 0.15) is 19.3 Å².